The van der Waals surface area contributed by atoms with Crippen LogP contribution in [0.15, 0.2) is 0 Å². The molecule has 15 heavy (non-hydrogen) atoms. The molecule has 0 spiro atoms. The molecule has 2 rings (SSSR count). The van der Waals surface area contributed by atoms with Crippen molar-refractivity contribution >= 4 is 5.91 Å². The van der Waals surface area contributed by atoms with Crippen molar-refractivity contribution in [3.8, 4) is 0 Å². The van der Waals surface area contributed by atoms with Crippen molar-refractivity contribution in [2.75, 3.05) is 0 Å². The van der Waals surface area contributed by atoms with Gasteiger partial charge in [-0.15, -0.1) is 0 Å². The lowest BCUT2D eigenvalue weighted by Gasteiger charge is -2.03. The Bertz CT molecular complexity index is 385. The maximum atomic E-state index is 12.5. The molecule has 0 aromatic carbocycles. The monoisotopic (exact) mass is 215 g/mol. The van der Waals surface area contributed by atoms with E-state index in [1.54, 1.807) is 6.92 Å². The molecule has 1 aliphatic rings. The van der Waals surface area contributed by atoms with Gasteiger partial charge in [0, 0.05) is 11.7 Å². The Balaban J connectivity index is 2.23. The van der Waals surface area contributed by atoms with Crippen molar-refractivity contribution in [2.24, 2.45) is 0 Å². The fourth-order valence-electron chi connectivity index (χ4n) is 1.38. The largest absolute Gasteiger partial charge is 0.349 e. The second-order valence-electron chi connectivity index (χ2n) is 3.66. The van der Waals surface area contributed by atoms with Crippen LogP contribution >= 0.6 is 0 Å². The van der Waals surface area contributed by atoms with Gasteiger partial charge in [0.25, 0.3) is 12.3 Å². The number of aromatic nitrogens is 2. The van der Waals surface area contributed by atoms with Gasteiger partial charge in [0.2, 0.25) is 0 Å². The molecule has 0 bridgehead atoms. The molecule has 1 saturated carbocycles. The highest BCUT2D eigenvalue weighted by molar-refractivity contribution is 5.96. The van der Waals surface area contributed by atoms with Crippen LogP contribution in [0.4, 0.5) is 8.78 Å². The number of rotatable bonds is 3. The summed E-state index contributed by atoms with van der Waals surface area (Å²) in [6.45, 7) is 1.56. The molecule has 4 nitrogen and oxygen atoms in total. The Labute approximate surface area is 85.1 Å². The number of hydrogen-bond donors (Lipinski definition) is 2. The van der Waals surface area contributed by atoms with Crippen LogP contribution in [0.2, 0.25) is 0 Å². The molecule has 0 radical (unpaired) electrons. The van der Waals surface area contributed by atoms with E-state index < -0.39 is 18.0 Å². The summed E-state index contributed by atoms with van der Waals surface area (Å²) in [5.41, 5.74) is -0.106. The van der Waals surface area contributed by atoms with Crippen LogP contribution < -0.4 is 5.32 Å². The molecule has 1 aliphatic carbocycles. The highest BCUT2D eigenvalue weighted by Gasteiger charge is 2.29. The van der Waals surface area contributed by atoms with E-state index in [0.717, 1.165) is 12.8 Å². The number of nitrogens with zero attached hydrogens (tertiary/aromatic N) is 1. The van der Waals surface area contributed by atoms with Crippen LogP contribution in [0.1, 0.15) is 41.0 Å². The van der Waals surface area contributed by atoms with Crippen molar-refractivity contribution in [2.45, 2.75) is 32.2 Å². The van der Waals surface area contributed by atoms with Crippen LogP contribution in [0.3, 0.4) is 0 Å². The van der Waals surface area contributed by atoms with E-state index >= 15 is 0 Å². The first-order chi connectivity index (χ1) is 7.09. The molecule has 2 N–H and O–H groups in total. The third kappa shape index (κ3) is 1.98. The highest BCUT2D eigenvalue weighted by atomic mass is 19.3. The number of H-pyrrole nitrogens is 1. The smallest absolute Gasteiger partial charge is 0.282 e. The zero-order valence-corrected chi connectivity index (χ0v) is 8.18. The van der Waals surface area contributed by atoms with E-state index in [-0.39, 0.29) is 11.6 Å². The first-order valence-electron chi connectivity index (χ1n) is 4.73. The predicted octanol–water partition coefficient (Wildman–Crippen LogP) is 1.55. The molecule has 1 fully saturated rings. The van der Waals surface area contributed by atoms with E-state index in [1.807, 2.05) is 0 Å². The minimum absolute atomic E-state index is 0.0168. The van der Waals surface area contributed by atoms with Crippen LogP contribution in [0.25, 0.3) is 0 Å². The van der Waals surface area contributed by atoms with Gasteiger partial charge in [0.1, 0.15) is 5.69 Å². The summed E-state index contributed by atoms with van der Waals surface area (Å²) in [5.74, 6) is -0.459. The number of alkyl halides is 2. The van der Waals surface area contributed by atoms with Crippen LogP contribution in [0.5, 0.6) is 0 Å². The van der Waals surface area contributed by atoms with Crippen molar-refractivity contribution in [3.05, 3.63) is 17.0 Å². The first kappa shape index (κ1) is 10.1. The second kappa shape index (κ2) is 3.60. The van der Waals surface area contributed by atoms with Gasteiger partial charge < -0.3 is 5.32 Å². The Morgan fingerprint density at radius 2 is 2.27 bits per heavy atom. The van der Waals surface area contributed by atoms with E-state index in [9.17, 15) is 13.6 Å². The summed E-state index contributed by atoms with van der Waals surface area (Å²) in [5, 5.41) is 8.49. The number of hydrogen-bond acceptors (Lipinski definition) is 2. The van der Waals surface area contributed by atoms with Crippen molar-refractivity contribution in [3.63, 3.8) is 0 Å². The van der Waals surface area contributed by atoms with Gasteiger partial charge in [-0.05, 0) is 19.8 Å². The van der Waals surface area contributed by atoms with Crippen molar-refractivity contribution in [1.29, 1.82) is 0 Å². The lowest BCUT2D eigenvalue weighted by Crippen LogP contribution is -2.26. The SMILES string of the molecule is Cc1[nH]nc(C(F)F)c1C(=O)NC1CC1. The summed E-state index contributed by atoms with van der Waals surface area (Å²) in [6, 6.07) is 0.150. The molecular formula is C9H11F2N3O. The summed E-state index contributed by atoms with van der Waals surface area (Å²) >= 11 is 0. The third-order valence-corrected chi connectivity index (χ3v) is 2.32. The summed E-state index contributed by atoms with van der Waals surface area (Å²) in [4.78, 5) is 11.6. The maximum Gasteiger partial charge on any atom is 0.282 e. The molecule has 0 unspecified atom stereocenters. The van der Waals surface area contributed by atoms with E-state index in [1.165, 1.54) is 0 Å². The molecule has 1 heterocycles. The minimum Gasteiger partial charge on any atom is -0.349 e. The van der Waals surface area contributed by atoms with Gasteiger partial charge in [0.05, 0.1) is 5.56 Å². The van der Waals surface area contributed by atoms with Crippen LogP contribution in [-0.2, 0) is 0 Å². The zero-order chi connectivity index (χ0) is 11.0. The van der Waals surface area contributed by atoms with E-state index in [4.69, 9.17) is 0 Å². The molecule has 0 aliphatic heterocycles. The number of nitrogens with one attached hydrogen (secondary N) is 2. The fourth-order valence-corrected chi connectivity index (χ4v) is 1.38. The highest BCUT2D eigenvalue weighted by Crippen LogP contribution is 2.24. The number of aromatic amines is 1. The maximum absolute atomic E-state index is 12.5. The molecule has 1 aromatic heterocycles. The first-order valence-corrected chi connectivity index (χ1v) is 4.73. The minimum atomic E-state index is -2.73. The van der Waals surface area contributed by atoms with Gasteiger partial charge in [0.15, 0.2) is 0 Å². The summed E-state index contributed by atoms with van der Waals surface area (Å²) in [6.07, 6.45) is -0.880. The van der Waals surface area contributed by atoms with E-state index in [2.05, 4.69) is 15.5 Å². The average molecular weight is 215 g/mol. The van der Waals surface area contributed by atoms with Gasteiger partial charge in [-0.25, -0.2) is 8.78 Å². The van der Waals surface area contributed by atoms with Gasteiger partial charge in [-0.2, -0.15) is 5.10 Å². The lowest BCUT2D eigenvalue weighted by atomic mass is 10.2. The summed E-state index contributed by atoms with van der Waals surface area (Å²) in [7, 11) is 0. The van der Waals surface area contributed by atoms with Crippen LogP contribution in [0, 0.1) is 6.92 Å². The molecule has 82 valence electrons. The molecule has 1 amide bonds. The van der Waals surface area contributed by atoms with Gasteiger partial charge >= 0.3 is 0 Å². The second-order valence-corrected chi connectivity index (χ2v) is 3.66. The van der Waals surface area contributed by atoms with Crippen LogP contribution in [-0.4, -0.2) is 22.1 Å². The van der Waals surface area contributed by atoms with Gasteiger partial charge in [-0.3, -0.25) is 9.89 Å². The molecule has 1 aromatic rings. The number of aryl methyl sites for hydroxylation is 1. The van der Waals surface area contributed by atoms with Crippen molar-refractivity contribution < 1.29 is 13.6 Å². The Hall–Kier alpha value is -1.46. The molecule has 0 atom stereocenters. The fraction of sp³-hybridized carbons (Fsp3) is 0.556. The molecule has 6 heteroatoms. The third-order valence-electron chi connectivity index (χ3n) is 2.32. The predicted molar refractivity (Wildman–Crippen MR) is 48.8 cm³/mol. The topological polar surface area (TPSA) is 57.8 Å². The van der Waals surface area contributed by atoms with E-state index in [0.29, 0.717) is 5.69 Å². The zero-order valence-electron chi connectivity index (χ0n) is 8.18. The average Bonchev–Trinajstić information content (AvgIpc) is 2.86. The summed E-state index contributed by atoms with van der Waals surface area (Å²) < 4.78 is 25.0. The number of carbonyl (C=O) groups excluding carboxylic acids is 1. The Morgan fingerprint density at radius 1 is 1.60 bits per heavy atom. The molecule has 0 saturated heterocycles. The number of halogens is 2. The number of amides is 1. The number of carbonyl (C=O) groups is 1. The molecular weight excluding hydrogens is 204 g/mol. The van der Waals surface area contributed by atoms with Crippen molar-refractivity contribution in [1.82, 2.24) is 15.5 Å². The Morgan fingerprint density at radius 3 is 2.80 bits per heavy atom. The van der Waals surface area contributed by atoms with Gasteiger partial charge in [-0.1, -0.05) is 0 Å². The standard InChI is InChI=1S/C9H11F2N3O/c1-4-6(7(8(10)11)14-13-4)9(15)12-5-2-3-5/h5,8H,2-3H2,1H3,(H,12,15)(H,13,14). The normalized spacial score (nSPS) is 15.7. The lowest BCUT2D eigenvalue weighted by molar-refractivity contribution is 0.0935. The Kier molecular flexibility index (Phi) is 2.42. The quantitative estimate of drug-likeness (QED) is 0.803.